The second kappa shape index (κ2) is 5.34. The molecular weight excluding hydrogens is 252 g/mol. The number of carboxylic acids is 1. The molecule has 0 saturated carbocycles. The van der Waals surface area contributed by atoms with Gasteiger partial charge in [0.25, 0.3) is 0 Å². The van der Waals surface area contributed by atoms with Gasteiger partial charge in [-0.3, -0.25) is 4.79 Å². The van der Waals surface area contributed by atoms with Crippen molar-refractivity contribution in [3.8, 4) is 0 Å². The highest BCUT2D eigenvalue weighted by molar-refractivity contribution is 5.84. The zero-order chi connectivity index (χ0) is 13.8. The minimum Gasteiger partial charge on any atom is -0.475 e. The zero-order valence-corrected chi connectivity index (χ0v) is 10.1. The molecule has 0 spiro atoms. The molecule has 2 heterocycles. The van der Waals surface area contributed by atoms with Gasteiger partial charge in [0, 0.05) is 0 Å². The Labute approximate surface area is 108 Å². The molecule has 1 amide bonds. The van der Waals surface area contributed by atoms with Crippen LogP contribution in [0.4, 0.5) is 0 Å². The first-order valence-corrected chi connectivity index (χ1v) is 5.51. The summed E-state index contributed by atoms with van der Waals surface area (Å²) in [5.41, 5.74) is 0. The molecule has 1 unspecified atom stereocenters. The Balaban J connectivity index is 1.91. The molecule has 8 nitrogen and oxygen atoms in total. The number of aromatic nitrogens is 3. The molecule has 100 valence electrons. The molecule has 0 aliphatic rings. The Morgan fingerprint density at radius 3 is 2.89 bits per heavy atom. The highest BCUT2D eigenvalue weighted by atomic mass is 16.4. The highest BCUT2D eigenvalue weighted by Gasteiger charge is 2.16. The van der Waals surface area contributed by atoms with Gasteiger partial charge in [0.05, 0.1) is 6.54 Å². The van der Waals surface area contributed by atoms with Crippen LogP contribution in [-0.2, 0) is 11.3 Å². The van der Waals surface area contributed by atoms with Crippen molar-refractivity contribution in [3.05, 3.63) is 36.3 Å². The fraction of sp³-hybridized carbons (Fsp3) is 0.273. The van der Waals surface area contributed by atoms with Crippen molar-refractivity contribution in [2.75, 3.05) is 0 Å². The predicted molar refractivity (Wildman–Crippen MR) is 62.2 cm³/mol. The molecule has 0 bridgehead atoms. The van der Waals surface area contributed by atoms with E-state index in [4.69, 9.17) is 9.52 Å². The molecule has 0 aromatic carbocycles. The number of carbonyl (C=O) groups excluding carboxylic acids is 1. The van der Waals surface area contributed by atoms with Crippen LogP contribution in [0.1, 0.15) is 29.3 Å². The summed E-state index contributed by atoms with van der Waals surface area (Å²) in [5.74, 6) is -1.20. The van der Waals surface area contributed by atoms with Crippen LogP contribution < -0.4 is 5.32 Å². The molecule has 0 aliphatic carbocycles. The van der Waals surface area contributed by atoms with Crippen molar-refractivity contribution >= 4 is 11.9 Å². The first kappa shape index (κ1) is 12.8. The van der Waals surface area contributed by atoms with Gasteiger partial charge >= 0.3 is 5.97 Å². The molecule has 1 atom stereocenters. The van der Waals surface area contributed by atoms with Crippen LogP contribution in [-0.4, -0.2) is 31.7 Å². The minimum atomic E-state index is -1.14. The maximum atomic E-state index is 11.8. The maximum absolute atomic E-state index is 11.8. The summed E-state index contributed by atoms with van der Waals surface area (Å²) in [6.07, 6.45) is 2.79. The first-order chi connectivity index (χ1) is 9.08. The third-order valence-corrected chi connectivity index (χ3v) is 2.52. The Hall–Kier alpha value is -2.64. The van der Waals surface area contributed by atoms with Crippen molar-refractivity contribution < 1.29 is 19.1 Å². The molecule has 0 aliphatic heterocycles. The summed E-state index contributed by atoms with van der Waals surface area (Å²) < 4.78 is 6.43. The number of hydrogen-bond acceptors (Lipinski definition) is 5. The first-order valence-electron chi connectivity index (χ1n) is 5.51. The van der Waals surface area contributed by atoms with Gasteiger partial charge in [-0.25, -0.2) is 14.5 Å². The average molecular weight is 264 g/mol. The van der Waals surface area contributed by atoms with E-state index in [1.54, 1.807) is 6.92 Å². The summed E-state index contributed by atoms with van der Waals surface area (Å²) in [6.45, 7) is 1.79. The lowest BCUT2D eigenvalue weighted by Gasteiger charge is -2.10. The quantitative estimate of drug-likeness (QED) is 0.811. The number of carbonyl (C=O) groups is 2. The molecular formula is C11H12N4O4. The topological polar surface area (TPSA) is 110 Å². The molecule has 2 N–H and O–H groups in total. The van der Waals surface area contributed by atoms with Crippen LogP contribution in [0.5, 0.6) is 0 Å². The summed E-state index contributed by atoms with van der Waals surface area (Å²) >= 11 is 0. The van der Waals surface area contributed by atoms with Crippen LogP contribution in [0.15, 0.2) is 29.2 Å². The molecule has 0 saturated heterocycles. The Bertz CT molecular complexity index is 575. The van der Waals surface area contributed by atoms with Crippen molar-refractivity contribution in [2.24, 2.45) is 0 Å². The summed E-state index contributed by atoms with van der Waals surface area (Å²) in [4.78, 5) is 26.2. The summed E-state index contributed by atoms with van der Waals surface area (Å²) in [5, 5.41) is 15.2. The molecule has 2 aromatic rings. The van der Waals surface area contributed by atoms with Crippen LogP contribution in [0, 0.1) is 0 Å². The number of aromatic carboxylic acids is 1. The van der Waals surface area contributed by atoms with Gasteiger partial charge in [0.15, 0.2) is 0 Å². The minimum absolute atomic E-state index is 0.116. The molecule has 2 aromatic heterocycles. The monoisotopic (exact) mass is 264 g/mol. The fourth-order valence-corrected chi connectivity index (χ4v) is 1.45. The number of hydrogen-bond donors (Lipinski definition) is 2. The van der Waals surface area contributed by atoms with E-state index in [2.05, 4.69) is 15.4 Å². The van der Waals surface area contributed by atoms with Crippen LogP contribution in [0.25, 0.3) is 0 Å². The average Bonchev–Trinajstić information content (AvgIpc) is 3.05. The number of rotatable bonds is 5. The van der Waals surface area contributed by atoms with E-state index < -0.39 is 12.0 Å². The zero-order valence-electron chi connectivity index (χ0n) is 10.1. The maximum Gasteiger partial charge on any atom is 0.371 e. The predicted octanol–water partition coefficient (Wildman–Crippen LogP) is 0.447. The van der Waals surface area contributed by atoms with Gasteiger partial charge in [0.2, 0.25) is 11.7 Å². The second-order valence-corrected chi connectivity index (χ2v) is 3.84. The molecule has 19 heavy (non-hydrogen) atoms. The van der Waals surface area contributed by atoms with Gasteiger partial charge in [-0.1, -0.05) is 0 Å². The lowest BCUT2D eigenvalue weighted by Crippen LogP contribution is -2.30. The van der Waals surface area contributed by atoms with Crippen molar-refractivity contribution in [1.82, 2.24) is 20.1 Å². The fourth-order valence-electron chi connectivity index (χ4n) is 1.45. The largest absolute Gasteiger partial charge is 0.475 e. The summed E-state index contributed by atoms with van der Waals surface area (Å²) in [6, 6.07) is 2.34. The SMILES string of the molecule is CC(C(=O)NCc1ccc(C(=O)O)o1)n1cncn1. The van der Waals surface area contributed by atoms with Gasteiger partial charge in [-0.15, -0.1) is 0 Å². The van der Waals surface area contributed by atoms with E-state index in [1.807, 2.05) is 0 Å². The Morgan fingerprint density at radius 2 is 2.32 bits per heavy atom. The highest BCUT2D eigenvalue weighted by Crippen LogP contribution is 2.08. The molecule has 2 rings (SSSR count). The number of furan rings is 1. The molecule has 0 fully saturated rings. The van der Waals surface area contributed by atoms with E-state index in [0.717, 1.165) is 0 Å². The van der Waals surface area contributed by atoms with E-state index in [-0.39, 0.29) is 18.2 Å². The van der Waals surface area contributed by atoms with Gasteiger partial charge in [0.1, 0.15) is 24.5 Å². The third kappa shape index (κ3) is 2.97. The lowest BCUT2D eigenvalue weighted by molar-refractivity contribution is -0.124. The van der Waals surface area contributed by atoms with Gasteiger partial charge < -0.3 is 14.8 Å². The number of amides is 1. The molecule has 8 heteroatoms. The standard InChI is InChI=1S/C11H12N4O4/c1-7(15-6-12-5-14-15)10(16)13-4-8-2-3-9(19-8)11(17)18/h2-3,5-7H,4H2,1H3,(H,13,16)(H,17,18). The third-order valence-electron chi connectivity index (χ3n) is 2.52. The second-order valence-electron chi connectivity index (χ2n) is 3.84. The number of nitrogens with zero attached hydrogens (tertiary/aromatic N) is 3. The van der Waals surface area contributed by atoms with Gasteiger partial charge in [-0.05, 0) is 19.1 Å². The number of carboxylic acid groups (broad SMARTS) is 1. The van der Waals surface area contributed by atoms with E-state index >= 15 is 0 Å². The van der Waals surface area contributed by atoms with E-state index in [0.29, 0.717) is 5.76 Å². The van der Waals surface area contributed by atoms with Crippen molar-refractivity contribution in [2.45, 2.75) is 19.5 Å². The normalized spacial score (nSPS) is 12.1. The van der Waals surface area contributed by atoms with E-state index in [9.17, 15) is 9.59 Å². The van der Waals surface area contributed by atoms with Crippen LogP contribution >= 0.6 is 0 Å². The van der Waals surface area contributed by atoms with Crippen molar-refractivity contribution in [3.63, 3.8) is 0 Å². The van der Waals surface area contributed by atoms with E-state index in [1.165, 1.54) is 29.5 Å². The summed E-state index contributed by atoms with van der Waals surface area (Å²) in [7, 11) is 0. The Kier molecular flexibility index (Phi) is 3.60. The Morgan fingerprint density at radius 1 is 1.53 bits per heavy atom. The van der Waals surface area contributed by atoms with Crippen LogP contribution in [0.3, 0.4) is 0 Å². The smallest absolute Gasteiger partial charge is 0.371 e. The number of nitrogens with one attached hydrogen (secondary N) is 1. The van der Waals surface area contributed by atoms with Crippen LogP contribution in [0.2, 0.25) is 0 Å². The van der Waals surface area contributed by atoms with Crippen molar-refractivity contribution in [1.29, 1.82) is 0 Å². The lowest BCUT2D eigenvalue weighted by atomic mass is 10.3. The molecule has 0 radical (unpaired) electrons. The van der Waals surface area contributed by atoms with Gasteiger partial charge in [-0.2, -0.15) is 5.10 Å².